The lowest BCUT2D eigenvalue weighted by Crippen LogP contribution is -2.25. The van der Waals surface area contributed by atoms with Crippen molar-refractivity contribution in [2.24, 2.45) is 5.73 Å². The molecule has 1 aromatic carbocycles. The third-order valence-corrected chi connectivity index (χ3v) is 3.82. The smallest absolute Gasteiger partial charge is 0.123 e. The number of nitrogens with two attached hydrogens (primary N) is 1. The first-order valence-corrected chi connectivity index (χ1v) is 5.86. The van der Waals surface area contributed by atoms with Crippen molar-refractivity contribution < 1.29 is 4.74 Å². The third kappa shape index (κ3) is 1.36. The SMILES string of the molecule is NC[C@H]1CC[C@@H]2CCOc3cccc1c32. The van der Waals surface area contributed by atoms with Crippen LogP contribution in [0.15, 0.2) is 18.2 Å². The van der Waals surface area contributed by atoms with Crippen molar-refractivity contribution in [1.29, 1.82) is 0 Å². The van der Waals surface area contributed by atoms with Gasteiger partial charge in [0.05, 0.1) is 6.61 Å². The molecule has 0 bridgehead atoms. The maximum Gasteiger partial charge on any atom is 0.123 e. The van der Waals surface area contributed by atoms with Gasteiger partial charge in [0.15, 0.2) is 0 Å². The van der Waals surface area contributed by atoms with Gasteiger partial charge >= 0.3 is 0 Å². The molecule has 15 heavy (non-hydrogen) atoms. The summed E-state index contributed by atoms with van der Waals surface area (Å²) in [4.78, 5) is 0. The van der Waals surface area contributed by atoms with Crippen molar-refractivity contribution in [3.63, 3.8) is 0 Å². The molecule has 0 amide bonds. The molecule has 2 atom stereocenters. The van der Waals surface area contributed by atoms with Gasteiger partial charge in [0.1, 0.15) is 5.75 Å². The highest BCUT2D eigenvalue weighted by Crippen LogP contribution is 2.46. The second kappa shape index (κ2) is 3.53. The van der Waals surface area contributed by atoms with Crippen LogP contribution in [0.25, 0.3) is 0 Å². The molecule has 1 aliphatic carbocycles. The minimum atomic E-state index is 0.554. The first-order chi connectivity index (χ1) is 7.40. The molecule has 3 rings (SSSR count). The predicted octanol–water partition coefficient (Wildman–Crippen LogP) is 2.39. The fourth-order valence-electron chi connectivity index (χ4n) is 3.03. The van der Waals surface area contributed by atoms with E-state index in [1.165, 1.54) is 30.4 Å². The van der Waals surface area contributed by atoms with E-state index in [1.807, 2.05) is 0 Å². The Balaban J connectivity index is 2.13. The van der Waals surface area contributed by atoms with Crippen LogP contribution in [-0.4, -0.2) is 13.2 Å². The summed E-state index contributed by atoms with van der Waals surface area (Å²) in [6.45, 7) is 1.65. The monoisotopic (exact) mass is 203 g/mol. The van der Waals surface area contributed by atoms with E-state index in [0.29, 0.717) is 5.92 Å². The summed E-state index contributed by atoms with van der Waals surface area (Å²) in [5.74, 6) is 2.40. The van der Waals surface area contributed by atoms with Gasteiger partial charge in [-0.1, -0.05) is 12.1 Å². The Morgan fingerprint density at radius 2 is 2.20 bits per heavy atom. The van der Waals surface area contributed by atoms with Crippen molar-refractivity contribution in [2.45, 2.75) is 31.1 Å². The third-order valence-electron chi connectivity index (χ3n) is 3.82. The van der Waals surface area contributed by atoms with Crippen LogP contribution in [0, 0.1) is 0 Å². The lowest BCUT2D eigenvalue weighted by molar-refractivity contribution is 0.252. The van der Waals surface area contributed by atoms with Gasteiger partial charge < -0.3 is 10.5 Å². The molecule has 1 aliphatic heterocycles. The summed E-state index contributed by atoms with van der Waals surface area (Å²) in [6.07, 6.45) is 3.72. The van der Waals surface area contributed by atoms with Crippen LogP contribution < -0.4 is 10.5 Å². The van der Waals surface area contributed by atoms with Crippen molar-refractivity contribution in [1.82, 2.24) is 0 Å². The molecule has 0 aromatic heterocycles. The van der Waals surface area contributed by atoms with E-state index in [9.17, 15) is 0 Å². The molecule has 0 spiro atoms. The minimum absolute atomic E-state index is 0.554. The highest BCUT2D eigenvalue weighted by atomic mass is 16.5. The Bertz CT molecular complexity index is 375. The number of hydrogen-bond donors (Lipinski definition) is 1. The maximum atomic E-state index is 5.83. The van der Waals surface area contributed by atoms with E-state index in [-0.39, 0.29) is 0 Å². The number of ether oxygens (including phenoxy) is 1. The van der Waals surface area contributed by atoms with Crippen LogP contribution in [0.3, 0.4) is 0 Å². The molecule has 2 heteroatoms. The second-order valence-corrected chi connectivity index (χ2v) is 4.60. The molecule has 2 N–H and O–H groups in total. The van der Waals surface area contributed by atoms with Gasteiger partial charge in [0, 0.05) is 5.56 Å². The lowest BCUT2D eigenvalue weighted by Gasteiger charge is -2.35. The summed E-state index contributed by atoms with van der Waals surface area (Å²) in [6, 6.07) is 6.44. The Kier molecular flexibility index (Phi) is 2.17. The normalized spacial score (nSPS) is 28.1. The van der Waals surface area contributed by atoms with E-state index < -0.39 is 0 Å². The predicted molar refractivity (Wildman–Crippen MR) is 60.3 cm³/mol. The van der Waals surface area contributed by atoms with Gasteiger partial charge in [-0.05, 0) is 49.3 Å². The molecule has 2 nitrogen and oxygen atoms in total. The molecule has 1 heterocycles. The molecule has 80 valence electrons. The van der Waals surface area contributed by atoms with E-state index in [4.69, 9.17) is 10.5 Å². The Morgan fingerprint density at radius 1 is 1.27 bits per heavy atom. The topological polar surface area (TPSA) is 35.2 Å². The van der Waals surface area contributed by atoms with Gasteiger partial charge in [-0.15, -0.1) is 0 Å². The highest BCUT2D eigenvalue weighted by molar-refractivity contribution is 5.47. The molecule has 0 fully saturated rings. The molecule has 0 saturated carbocycles. The van der Waals surface area contributed by atoms with Crippen molar-refractivity contribution >= 4 is 0 Å². The maximum absolute atomic E-state index is 5.83. The zero-order valence-electron chi connectivity index (χ0n) is 8.91. The summed E-state index contributed by atoms with van der Waals surface area (Å²) < 4.78 is 5.72. The Morgan fingerprint density at radius 3 is 3.07 bits per heavy atom. The van der Waals surface area contributed by atoms with E-state index >= 15 is 0 Å². The second-order valence-electron chi connectivity index (χ2n) is 4.60. The summed E-state index contributed by atoms with van der Waals surface area (Å²) in [5.41, 5.74) is 8.75. The van der Waals surface area contributed by atoms with Crippen molar-refractivity contribution in [3.8, 4) is 5.75 Å². The van der Waals surface area contributed by atoms with E-state index in [2.05, 4.69) is 18.2 Å². The zero-order chi connectivity index (χ0) is 10.3. The van der Waals surface area contributed by atoms with E-state index in [0.717, 1.165) is 24.8 Å². The lowest BCUT2D eigenvalue weighted by atomic mass is 9.74. The molecule has 0 saturated heterocycles. The van der Waals surface area contributed by atoms with Crippen LogP contribution in [0.5, 0.6) is 5.75 Å². The first-order valence-electron chi connectivity index (χ1n) is 5.86. The van der Waals surface area contributed by atoms with Gasteiger partial charge in [-0.3, -0.25) is 0 Å². The molecule has 0 unspecified atom stereocenters. The first kappa shape index (κ1) is 9.22. The Hall–Kier alpha value is -1.02. The summed E-state index contributed by atoms with van der Waals surface area (Å²) >= 11 is 0. The summed E-state index contributed by atoms with van der Waals surface area (Å²) in [7, 11) is 0. The van der Waals surface area contributed by atoms with Gasteiger partial charge in [0.2, 0.25) is 0 Å². The van der Waals surface area contributed by atoms with Crippen LogP contribution >= 0.6 is 0 Å². The molecule has 2 aliphatic rings. The highest BCUT2D eigenvalue weighted by Gasteiger charge is 2.31. The standard InChI is InChI=1S/C13H17NO/c14-8-10-5-4-9-6-7-15-12-3-1-2-11(10)13(9)12/h1-3,9-10H,4-8,14H2/t9-,10-/m1/s1. The van der Waals surface area contributed by atoms with Crippen LogP contribution in [-0.2, 0) is 0 Å². The molecular formula is C13H17NO. The van der Waals surface area contributed by atoms with Crippen LogP contribution in [0.1, 0.15) is 42.2 Å². The van der Waals surface area contributed by atoms with Crippen LogP contribution in [0.4, 0.5) is 0 Å². The number of rotatable bonds is 1. The summed E-state index contributed by atoms with van der Waals surface area (Å²) in [5, 5.41) is 0. The fraction of sp³-hybridized carbons (Fsp3) is 0.538. The van der Waals surface area contributed by atoms with Crippen molar-refractivity contribution in [2.75, 3.05) is 13.2 Å². The quantitative estimate of drug-likeness (QED) is 0.760. The van der Waals surface area contributed by atoms with Crippen molar-refractivity contribution in [3.05, 3.63) is 29.3 Å². The molecule has 0 radical (unpaired) electrons. The largest absolute Gasteiger partial charge is 0.493 e. The van der Waals surface area contributed by atoms with Gasteiger partial charge in [-0.25, -0.2) is 0 Å². The number of hydrogen-bond acceptors (Lipinski definition) is 2. The average Bonchev–Trinajstić information content (AvgIpc) is 2.30. The fourth-order valence-corrected chi connectivity index (χ4v) is 3.03. The molecule has 1 aromatic rings. The minimum Gasteiger partial charge on any atom is -0.493 e. The van der Waals surface area contributed by atoms with Gasteiger partial charge in [0.25, 0.3) is 0 Å². The van der Waals surface area contributed by atoms with Gasteiger partial charge in [-0.2, -0.15) is 0 Å². The Labute approximate surface area is 90.4 Å². The average molecular weight is 203 g/mol. The number of benzene rings is 1. The zero-order valence-corrected chi connectivity index (χ0v) is 8.91. The van der Waals surface area contributed by atoms with Crippen LogP contribution in [0.2, 0.25) is 0 Å². The molecular weight excluding hydrogens is 186 g/mol. The van der Waals surface area contributed by atoms with E-state index in [1.54, 1.807) is 0 Å².